The summed E-state index contributed by atoms with van der Waals surface area (Å²) in [6, 6.07) is 14.9. The average molecular weight is 599 g/mol. The van der Waals surface area contributed by atoms with Crippen molar-refractivity contribution >= 4 is 27.5 Å². The maximum absolute atomic E-state index is 13.5. The van der Waals surface area contributed by atoms with Crippen molar-refractivity contribution in [1.82, 2.24) is 9.62 Å². The predicted molar refractivity (Wildman–Crippen MR) is 146 cm³/mol. The third kappa shape index (κ3) is 8.20. The normalized spacial score (nSPS) is 13.8. The SMILES string of the molecule is CC(C)CN(C[C@@H](O)[C@H](Cc1ccccc1)NC(=O)c1ccc(Cl)cc1O)S(=O)(=O)c1ccc(C(F)(F)F)cc1. The van der Waals surface area contributed by atoms with Crippen LogP contribution in [0.2, 0.25) is 5.02 Å². The van der Waals surface area contributed by atoms with Crippen molar-refractivity contribution in [2.24, 2.45) is 5.92 Å². The number of amides is 1. The zero-order chi connectivity index (χ0) is 29.7. The summed E-state index contributed by atoms with van der Waals surface area (Å²) in [5.74, 6) is -1.27. The van der Waals surface area contributed by atoms with Gasteiger partial charge in [0.1, 0.15) is 5.75 Å². The highest BCUT2D eigenvalue weighted by atomic mass is 35.5. The molecule has 3 aromatic carbocycles. The number of alkyl halides is 3. The van der Waals surface area contributed by atoms with Crippen LogP contribution in [0.1, 0.15) is 35.3 Å². The molecule has 0 fully saturated rings. The fourth-order valence-corrected chi connectivity index (χ4v) is 5.86. The summed E-state index contributed by atoms with van der Waals surface area (Å²) in [5, 5.41) is 24.3. The second kappa shape index (κ2) is 13.0. The van der Waals surface area contributed by atoms with E-state index >= 15 is 0 Å². The minimum atomic E-state index is -4.63. The number of rotatable bonds is 11. The number of benzene rings is 3. The third-order valence-corrected chi connectivity index (χ3v) is 8.14. The van der Waals surface area contributed by atoms with E-state index < -0.39 is 46.4 Å². The lowest BCUT2D eigenvalue weighted by Gasteiger charge is -2.31. The first-order chi connectivity index (χ1) is 18.7. The first kappa shape index (κ1) is 31.4. The van der Waals surface area contributed by atoms with Gasteiger partial charge in [0.15, 0.2) is 0 Å². The molecule has 0 saturated heterocycles. The summed E-state index contributed by atoms with van der Waals surface area (Å²) < 4.78 is 67.0. The number of aromatic hydroxyl groups is 1. The summed E-state index contributed by atoms with van der Waals surface area (Å²) in [4.78, 5) is 12.7. The number of sulfonamides is 1. The highest BCUT2D eigenvalue weighted by Gasteiger charge is 2.34. The van der Waals surface area contributed by atoms with Gasteiger partial charge in [-0.3, -0.25) is 4.79 Å². The number of hydrogen-bond acceptors (Lipinski definition) is 5. The molecule has 7 nitrogen and oxygen atoms in total. The number of aliphatic hydroxyl groups excluding tert-OH is 1. The van der Waals surface area contributed by atoms with Crippen molar-refractivity contribution in [1.29, 1.82) is 0 Å². The Kier molecular flexibility index (Phi) is 10.2. The molecule has 40 heavy (non-hydrogen) atoms. The van der Waals surface area contributed by atoms with Crippen molar-refractivity contribution < 1.29 is 36.6 Å². The lowest BCUT2D eigenvalue weighted by molar-refractivity contribution is -0.137. The zero-order valence-corrected chi connectivity index (χ0v) is 23.3. The molecular weight excluding hydrogens is 569 g/mol. The number of hydrogen-bond donors (Lipinski definition) is 3. The van der Waals surface area contributed by atoms with E-state index in [1.165, 1.54) is 18.2 Å². The Hall–Kier alpha value is -3.12. The third-order valence-electron chi connectivity index (χ3n) is 6.06. The number of halogens is 4. The second-order valence-corrected chi connectivity index (χ2v) is 12.1. The molecule has 0 aliphatic carbocycles. The van der Waals surface area contributed by atoms with E-state index in [9.17, 15) is 36.6 Å². The van der Waals surface area contributed by atoms with Crippen molar-refractivity contribution in [3.63, 3.8) is 0 Å². The fourth-order valence-electron chi connectivity index (χ4n) is 4.07. The first-order valence-corrected chi connectivity index (χ1v) is 14.2. The number of nitrogens with one attached hydrogen (secondary N) is 1. The van der Waals surface area contributed by atoms with Gasteiger partial charge in [-0.2, -0.15) is 17.5 Å². The van der Waals surface area contributed by atoms with Gasteiger partial charge in [-0.05, 0) is 60.4 Å². The number of phenols is 1. The molecule has 3 rings (SSSR count). The number of phenolic OH excluding ortho intramolecular Hbond substituents is 1. The van der Waals surface area contributed by atoms with Gasteiger partial charge in [-0.1, -0.05) is 55.8 Å². The van der Waals surface area contributed by atoms with Crippen LogP contribution < -0.4 is 5.32 Å². The van der Waals surface area contributed by atoms with Crippen LogP contribution in [-0.2, 0) is 22.6 Å². The Labute approximate surface area is 236 Å². The predicted octanol–water partition coefficient (Wildman–Crippen LogP) is 5.11. The van der Waals surface area contributed by atoms with Crippen molar-refractivity contribution in [2.45, 2.75) is 43.5 Å². The molecule has 0 aliphatic heterocycles. The van der Waals surface area contributed by atoms with E-state index in [2.05, 4.69) is 5.32 Å². The highest BCUT2D eigenvalue weighted by molar-refractivity contribution is 7.89. The maximum atomic E-state index is 13.5. The van der Waals surface area contributed by atoms with E-state index in [0.29, 0.717) is 12.1 Å². The number of carbonyl (C=O) groups is 1. The van der Waals surface area contributed by atoms with Crippen LogP contribution in [0.3, 0.4) is 0 Å². The molecule has 216 valence electrons. The summed E-state index contributed by atoms with van der Waals surface area (Å²) in [6.07, 6.45) is -5.93. The van der Waals surface area contributed by atoms with E-state index in [1.54, 1.807) is 44.2 Å². The van der Waals surface area contributed by atoms with Crippen molar-refractivity contribution in [3.05, 3.63) is 94.5 Å². The van der Waals surface area contributed by atoms with Crippen LogP contribution in [0.25, 0.3) is 0 Å². The average Bonchev–Trinajstić information content (AvgIpc) is 2.87. The molecule has 3 N–H and O–H groups in total. The van der Waals surface area contributed by atoms with Crippen LogP contribution in [0.15, 0.2) is 77.7 Å². The summed E-state index contributed by atoms with van der Waals surface area (Å²) in [7, 11) is -4.31. The Morgan fingerprint density at radius 1 is 1.00 bits per heavy atom. The molecule has 0 saturated carbocycles. The lowest BCUT2D eigenvalue weighted by Crippen LogP contribution is -2.51. The van der Waals surface area contributed by atoms with E-state index in [0.717, 1.165) is 22.0 Å². The molecule has 12 heteroatoms. The molecule has 0 bridgehead atoms. The van der Waals surface area contributed by atoms with E-state index in [1.807, 2.05) is 0 Å². The molecule has 0 heterocycles. The fraction of sp³-hybridized carbons (Fsp3) is 0.321. The summed E-state index contributed by atoms with van der Waals surface area (Å²) in [6.45, 7) is 3.03. The van der Waals surface area contributed by atoms with Gasteiger partial charge in [0.05, 0.1) is 28.2 Å². The molecular formula is C28H30ClF3N2O5S. The first-order valence-electron chi connectivity index (χ1n) is 12.4. The van der Waals surface area contributed by atoms with Crippen LogP contribution in [0.4, 0.5) is 13.2 Å². The van der Waals surface area contributed by atoms with Crippen molar-refractivity contribution in [2.75, 3.05) is 13.1 Å². The Balaban J connectivity index is 1.91. The molecule has 3 aromatic rings. The Morgan fingerprint density at radius 2 is 1.62 bits per heavy atom. The van der Waals surface area contributed by atoms with Crippen LogP contribution >= 0.6 is 11.6 Å². The second-order valence-electron chi connectivity index (χ2n) is 9.74. The molecule has 0 unspecified atom stereocenters. The largest absolute Gasteiger partial charge is 0.507 e. The van der Waals surface area contributed by atoms with Crippen LogP contribution in [-0.4, -0.2) is 54.1 Å². The van der Waals surface area contributed by atoms with Gasteiger partial charge in [-0.15, -0.1) is 0 Å². The van der Waals surface area contributed by atoms with E-state index in [4.69, 9.17) is 11.6 Å². The molecule has 1 amide bonds. The quantitative estimate of drug-likeness (QED) is 0.284. The van der Waals surface area contributed by atoms with Crippen LogP contribution in [0.5, 0.6) is 5.75 Å². The van der Waals surface area contributed by atoms with Crippen LogP contribution in [0, 0.1) is 5.92 Å². The number of aliphatic hydroxyl groups is 1. The van der Waals surface area contributed by atoms with Gasteiger partial charge in [0.2, 0.25) is 10.0 Å². The van der Waals surface area contributed by atoms with Gasteiger partial charge in [0.25, 0.3) is 5.91 Å². The minimum Gasteiger partial charge on any atom is -0.507 e. The lowest BCUT2D eigenvalue weighted by atomic mass is 10.00. The van der Waals surface area contributed by atoms with Gasteiger partial charge < -0.3 is 15.5 Å². The molecule has 0 aromatic heterocycles. The Morgan fingerprint density at radius 3 is 2.17 bits per heavy atom. The van der Waals surface area contributed by atoms with E-state index in [-0.39, 0.29) is 40.1 Å². The smallest absolute Gasteiger partial charge is 0.416 e. The van der Waals surface area contributed by atoms with Gasteiger partial charge in [0, 0.05) is 18.1 Å². The topological polar surface area (TPSA) is 107 Å². The molecule has 0 spiro atoms. The van der Waals surface area contributed by atoms with Gasteiger partial charge >= 0.3 is 6.18 Å². The monoisotopic (exact) mass is 598 g/mol. The summed E-state index contributed by atoms with van der Waals surface area (Å²) in [5.41, 5.74) is -0.336. The zero-order valence-electron chi connectivity index (χ0n) is 21.8. The van der Waals surface area contributed by atoms with Gasteiger partial charge in [-0.25, -0.2) is 8.42 Å². The maximum Gasteiger partial charge on any atom is 0.416 e. The Bertz CT molecular complexity index is 1400. The highest BCUT2D eigenvalue weighted by Crippen LogP contribution is 2.30. The standard InChI is InChI=1S/C28H30ClF3N2O5S/c1-18(2)16-34(40(38,39)22-11-8-20(9-12-22)28(30,31)32)17-26(36)24(14-19-6-4-3-5-7-19)33-27(37)23-13-10-21(29)15-25(23)35/h3-13,15,18,24,26,35-36H,14,16-17H2,1-2H3,(H,33,37)/t24-,26+/m0/s1. The molecule has 0 radical (unpaired) electrons. The molecule has 0 aliphatic rings. The minimum absolute atomic E-state index is 0.0373. The molecule has 2 atom stereocenters. The summed E-state index contributed by atoms with van der Waals surface area (Å²) >= 11 is 5.86. The number of nitrogens with zero attached hydrogens (tertiary/aromatic N) is 1. The number of carbonyl (C=O) groups excluding carboxylic acids is 1. The van der Waals surface area contributed by atoms with Crippen molar-refractivity contribution in [3.8, 4) is 5.75 Å².